The van der Waals surface area contributed by atoms with E-state index in [0.717, 1.165) is 105 Å². The Hall–Kier alpha value is -9.00. The second kappa shape index (κ2) is 13.3. The molecule has 0 aliphatic rings. The first kappa shape index (κ1) is 35.5. The number of furan rings is 3. The van der Waals surface area contributed by atoms with Gasteiger partial charge in [0, 0.05) is 48.8 Å². The normalized spacial score (nSPS) is 12.2. The minimum atomic E-state index is 0.565. The lowest BCUT2D eigenvalue weighted by Gasteiger charge is -2.13. The summed E-state index contributed by atoms with van der Waals surface area (Å²) in [6, 6.07) is 70.2. The molecule has 0 amide bonds. The largest absolute Gasteiger partial charge is 0.456 e. The molecule has 0 radical (unpaired) electrons. The Labute approximate surface area is 375 Å². The van der Waals surface area contributed by atoms with E-state index in [1.807, 2.05) is 42.5 Å². The van der Waals surface area contributed by atoms with Crippen LogP contribution in [0.1, 0.15) is 0 Å². The molecule has 0 aliphatic carbocycles. The summed E-state index contributed by atoms with van der Waals surface area (Å²) in [6.45, 7) is 0. The summed E-state index contributed by atoms with van der Waals surface area (Å²) < 4.78 is 23.1. The summed E-state index contributed by atoms with van der Waals surface area (Å²) in [4.78, 5) is 11.0. The maximum Gasteiger partial charge on any atom is 0.180 e. The van der Waals surface area contributed by atoms with Crippen molar-refractivity contribution in [2.24, 2.45) is 0 Å². The average molecular weight is 844 g/mol. The van der Waals surface area contributed by atoms with Crippen LogP contribution in [0.15, 0.2) is 213 Å². The molecule has 6 nitrogen and oxygen atoms in total. The van der Waals surface area contributed by atoms with E-state index in [1.165, 1.54) is 21.5 Å². The number of nitrogens with zero attached hydrogens (tertiary/aromatic N) is 3. The van der Waals surface area contributed by atoms with E-state index in [0.29, 0.717) is 22.7 Å². The molecule has 6 heteroatoms. The molecule has 0 aliphatic heterocycles. The second-order valence-electron chi connectivity index (χ2n) is 17.2. The highest BCUT2D eigenvalue weighted by Gasteiger charge is 2.27. The van der Waals surface area contributed by atoms with Crippen molar-refractivity contribution in [1.29, 1.82) is 0 Å². The fourth-order valence-electron chi connectivity index (χ4n) is 10.6. The zero-order chi connectivity index (χ0) is 43.0. The molecule has 10 aromatic carbocycles. The van der Waals surface area contributed by atoms with Crippen molar-refractivity contribution in [3.63, 3.8) is 0 Å². The number of aromatic nitrogens is 3. The first-order chi connectivity index (χ1) is 32.7. The zero-order valence-electron chi connectivity index (χ0n) is 35.1. The third kappa shape index (κ3) is 4.95. The van der Waals surface area contributed by atoms with E-state index in [1.54, 1.807) is 0 Å². The molecule has 0 atom stereocenters. The van der Waals surface area contributed by atoms with Gasteiger partial charge in [0.2, 0.25) is 0 Å². The Balaban J connectivity index is 1.09. The number of hydrogen-bond acceptors (Lipinski definition) is 5. The summed E-state index contributed by atoms with van der Waals surface area (Å²) >= 11 is 0. The van der Waals surface area contributed by atoms with Crippen LogP contribution in [0.5, 0.6) is 0 Å². The summed E-state index contributed by atoms with van der Waals surface area (Å²) in [5.41, 5.74) is 12.9. The van der Waals surface area contributed by atoms with Crippen LogP contribution in [0.4, 0.5) is 0 Å². The van der Waals surface area contributed by atoms with E-state index in [4.69, 9.17) is 23.2 Å². The molecule has 0 unspecified atom stereocenters. The van der Waals surface area contributed by atoms with Gasteiger partial charge in [0.15, 0.2) is 11.4 Å². The quantitative estimate of drug-likeness (QED) is 0.176. The smallest absolute Gasteiger partial charge is 0.180 e. The predicted octanol–water partition coefficient (Wildman–Crippen LogP) is 16.6. The van der Waals surface area contributed by atoms with Crippen LogP contribution in [0.2, 0.25) is 0 Å². The first-order valence-corrected chi connectivity index (χ1v) is 22.2. The lowest BCUT2D eigenvalue weighted by molar-refractivity contribution is 0.664. The highest BCUT2D eigenvalue weighted by Crippen LogP contribution is 2.47. The topological polar surface area (TPSA) is 70.1 Å². The second-order valence-corrected chi connectivity index (χ2v) is 17.2. The molecule has 66 heavy (non-hydrogen) atoms. The molecule has 0 saturated heterocycles. The van der Waals surface area contributed by atoms with Gasteiger partial charge in [-0.15, -0.1) is 0 Å². The van der Waals surface area contributed by atoms with Gasteiger partial charge in [0.1, 0.15) is 39.1 Å². The van der Waals surface area contributed by atoms with Crippen molar-refractivity contribution in [3.8, 4) is 39.5 Å². The van der Waals surface area contributed by atoms with E-state index < -0.39 is 0 Å². The van der Waals surface area contributed by atoms with Crippen molar-refractivity contribution < 1.29 is 13.3 Å². The molecule has 5 aromatic heterocycles. The lowest BCUT2D eigenvalue weighted by Crippen LogP contribution is -1.98. The van der Waals surface area contributed by atoms with Crippen molar-refractivity contribution >= 4 is 109 Å². The molecule has 0 saturated carbocycles. The van der Waals surface area contributed by atoms with Gasteiger partial charge in [-0.3, -0.25) is 0 Å². The van der Waals surface area contributed by atoms with Crippen molar-refractivity contribution in [1.82, 2.24) is 14.5 Å². The minimum absolute atomic E-state index is 0.565. The van der Waals surface area contributed by atoms with Gasteiger partial charge in [0.05, 0.1) is 22.1 Å². The fraction of sp³-hybridized carbons (Fsp3) is 0. The van der Waals surface area contributed by atoms with E-state index in [2.05, 4.69) is 162 Å². The third-order valence-electron chi connectivity index (χ3n) is 13.6. The molecule has 15 aromatic rings. The number of hydrogen-bond donors (Lipinski definition) is 0. The first-order valence-electron chi connectivity index (χ1n) is 22.2. The van der Waals surface area contributed by atoms with Gasteiger partial charge in [0.25, 0.3) is 0 Å². The summed E-state index contributed by atoms with van der Waals surface area (Å²) in [5, 5.41) is 11.8. The molecular weight excluding hydrogens is 811 g/mol. The van der Waals surface area contributed by atoms with Gasteiger partial charge in [-0.1, -0.05) is 140 Å². The molecule has 0 bridgehead atoms. The maximum atomic E-state index is 7.31. The van der Waals surface area contributed by atoms with Crippen molar-refractivity contribution in [2.75, 3.05) is 0 Å². The predicted molar refractivity (Wildman–Crippen MR) is 270 cm³/mol. The van der Waals surface area contributed by atoms with Gasteiger partial charge in [-0.2, -0.15) is 0 Å². The Bertz CT molecular complexity index is 4530. The van der Waals surface area contributed by atoms with E-state index in [9.17, 15) is 0 Å². The lowest BCUT2D eigenvalue weighted by atomic mass is 10.0. The average Bonchev–Trinajstić information content (AvgIpc) is 4.15. The molecule has 15 rings (SSSR count). The molecule has 0 fully saturated rings. The van der Waals surface area contributed by atoms with Crippen LogP contribution >= 0.6 is 0 Å². The highest BCUT2D eigenvalue weighted by atomic mass is 16.3. The van der Waals surface area contributed by atoms with Crippen LogP contribution < -0.4 is 0 Å². The summed E-state index contributed by atoms with van der Waals surface area (Å²) in [6.07, 6.45) is 0. The van der Waals surface area contributed by atoms with E-state index >= 15 is 0 Å². The Morgan fingerprint density at radius 1 is 0.348 bits per heavy atom. The van der Waals surface area contributed by atoms with Crippen LogP contribution in [-0.4, -0.2) is 14.5 Å². The molecule has 0 N–H and O–H groups in total. The molecule has 5 heterocycles. The van der Waals surface area contributed by atoms with Gasteiger partial charge >= 0.3 is 0 Å². The molecule has 0 spiro atoms. The third-order valence-corrected chi connectivity index (χ3v) is 13.6. The Morgan fingerprint density at radius 2 is 1.09 bits per heavy atom. The SMILES string of the molecule is c1ccc(-c2ccc3oc4c(-c5ccc(-n6c7ccccc7c7cc8ccccc8cc76)c6c5oc5c7ccccc7ccc56)nc(-c5cccc6oc7ccccc7c56)nc4c3c2)cc1. The number of rotatable bonds is 4. The van der Waals surface area contributed by atoms with Crippen LogP contribution in [0, 0.1) is 0 Å². The van der Waals surface area contributed by atoms with Crippen molar-refractivity contribution in [3.05, 3.63) is 200 Å². The monoisotopic (exact) mass is 843 g/mol. The molecule has 306 valence electrons. The molecular formula is C60H33N3O3. The number of benzene rings is 10. The maximum absolute atomic E-state index is 7.31. The Morgan fingerprint density at radius 3 is 1.98 bits per heavy atom. The standard InChI is InChI=1S/C60H33N3O3/c1-2-13-34(14-3-1)38-26-30-51-46(32-38)56-59(65-51)55(61-60(62-56)43-21-12-24-52-53(43)41-20-9-11-23-50(41)64-52)44-28-29-48(54-42-27-25-35-15-6-7-18-39(35)57(42)66-58(44)54)63-47-22-10-8-19-40(47)45-31-36-16-4-5-17-37(36)33-49(45)63/h1-33H. The summed E-state index contributed by atoms with van der Waals surface area (Å²) in [5.74, 6) is 0.565. The minimum Gasteiger partial charge on any atom is -0.456 e. The number of fused-ring (bicyclic) bond motifs is 15. The van der Waals surface area contributed by atoms with Crippen LogP contribution in [0.3, 0.4) is 0 Å². The van der Waals surface area contributed by atoms with Gasteiger partial charge in [-0.05, 0) is 87.9 Å². The van der Waals surface area contributed by atoms with E-state index in [-0.39, 0.29) is 0 Å². The fourth-order valence-corrected chi connectivity index (χ4v) is 10.6. The van der Waals surface area contributed by atoms with Gasteiger partial charge < -0.3 is 17.8 Å². The van der Waals surface area contributed by atoms with Crippen molar-refractivity contribution in [2.45, 2.75) is 0 Å². The highest BCUT2D eigenvalue weighted by molar-refractivity contribution is 6.23. The van der Waals surface area contributed by atoms with Crippen LogP contribution in [0.25, 0.3) is 149 Å². The number of para-hydroxylation sites is 2. The van der Waals surface area contributed by atoms with Gasteiger partial charge in [-0.25, -0.2) is 9.97 Å². The Kier molecular flexibility index (Phi) is 7.13. The summed E-state index contributed by atoms with van der Waals surface area (Å²) in [7, 11) is 0. The zero-order valence-corrected chi connectivity index (χ0v) is 35.1. The van der Waals surface area contributed by atoms with Crippen LogP contribution in [-0.2, 0) is 0 Å².